The van der Waals surface area contributed by atoms with E-state index in [0.29, 0.717) is 25.1 Å². The number of ether oxygens (including phenoxy) is 1. The molecule has 10 heteroatoms. The van der Waals surface area contributed by atoms with E-state index >= 15 is 0 Å². The van der Waals surface area contributed by atoms with Crippen LogP contribution in [0.4, 0.5) is 5.69 Å². The second-order valence-electron chi connectivity index (χ2n) is 11.7. The van der Waals surface area contributed by atoms with Crippen molar-refractivity contribution in [2.45, 2.75) is 42.9 Å². The van der Waals surface area contributed by atoms with E-state index in [1.54, 1.807) is 0 Å². The summed E-state index contributed by atoms with van der Waals surface area (Å²) in [6, 6.07) is 42.1. The topological polar surface area (TPSA) is 110 Å². The first-order chi connectivity index (χ1) is 23.8. The van der Waals surface area contributed by atoms with Crippen molar-refractivity contribution >= 4 is 21.7 Å². The van der Waals surface area contributed by atoms with Crippen molar-refractivity contribution in [3.63, 3.8) is 0 Å². The normalized spacial score (nSPS) is 12.8. The molecule has 0 N–H and O–H groups in total. The van der Waals surface area contributed by atoms with Gasteiger partial charge in [-0.05, 0) is 41.2 Å². The van der Waals surface area contributed by atoms with Gasteiger partial charge in [0.15, 0.2) is 4.90 Å². The maximum Gasteiger partial charge on any atom is 0.324 e. The molecule has 1 unspecified atom stereocenters. The Balaban J connectivity index is 1.68. The molecule has 0 saturated heterocycles. The minimum Gasteiger partial charge on any atom is -0.468 e. The SMILES string of the molecule is COC(=O)C(Cc1ccccc1)N(C[C@H](Cc1ccccc1)N(Cc1ccccc1)Cc1ccccc1)S(=O)(=O)c1ccccc1[N+](=O)[O-]. The maximum absolute atomic E-state index is 14.8. The van der Waals surface area contributed by atoms with Gasteiger partial charge in [0.25, 0.3) is 15.7 Å². The number of esters is 1. The summed E-state index contributed by atoms with van der Waals surface area (Å²) in [5.74, 6) is -0.762. The van der Waals surface area contributed by atoms with Crippen molar-refractivity contribution < 1.29 is 22.9 Å². The van der Waals surface area contributed by atoms with Crippen LogP contribution in [0.2, 0.25) is 0 Å². The summed E-state index contributed by atoms with van der Waals surface area (Å²) in [5.41, 5.74) is 3.17. The molecule has 0 heterocycles. The quantitative estimate of drug-likeness (QED) is 0.0651. The number of hydrogen-bond donors (Lipinski definition) is 0. The predicted molar refractivity (Wildman–Crippen MR) is 189 cm³/mol. The molecule has 0 amide bonds. The monoisotopic (exact) mass is 677 g/mol. The van der Waals surface area contributed by atoms with Crippen LogP contribution in [0.15, 0.2) is 150 Å². The predicted octanol–water partition coefficient (Wildman–Crippen LogP) is 6.68. The lowest BCUT2D eigenvalue weighted by molar-refractivity contribution is -0.387. The molecule has 5 aromatic carbocycles. The van der Waals surface area contributed by atoms with Gasteiger partial charge in [0, 0.05) is 31.7 Å². The lowest BCUT2D eigenvalue weighted by Gasteiger charge is -2.38. The molecule has 0 radical (unpaired) electrons. The fourth-order valence-corrected chi connectivity index (χ4v) is 7.75. The van der Waals surface area contributed by atoms with Crippen molar-refractivity contribution in [1.82, 2.24) is 9.21 Å². The molecule has 0 aliphatic heterocycles. The molecule has 5 rings (SSSR count). The molecule has 0 aromatic heterocycles. The molecule has 2 atom stereocenters. The molecule has 0 saturated carbocycles. The number of rotatable bonds is 16. The van der Waals surface area contributed by atoms with Gasteiger partial charge < -0.3 is 4.74 Å². The Bertz CT molecular complexity index is 1870. The number of nitro benzene ring substituents is 1. The number of carbonyl (C=O) groups is 1. The minimum atomic E-state index is -4.65. The van der Waals surface area contributed by atoms with Crippen molar-refractivity contribution in [2.24, 2.45) is 0 Å². The summed E-state index contributed by atoms with van der Waals surface area (Å²) >= 11 is 0. The van der Waals surface area contributed by atoms with Crippen LogP contribution in [0.5, 0.6) is 0 Å². The van der Waals surface area contributed by atoms with Gasteiger partial charge in [-0.3, -0.25) is 19.8 Å². The third kappa shape index (κ3) is 9.26. The van der Waals surface area contributed by atoms with Crippen LogP contribution in [-0.2, 0) is 45.5 Å². The van der Waals surface area contributed by atoms with Gasteiger partial charge in [-0.25, -0.2) is 8.42 Å². The van der Waals surface area contributed by atoms with Crippen LogP contribution < -0.4 is 0 Å². The smallest absolute Gasteiger partial charge is 0.324 e. The van der Waals surface area contributed by atoms with Crippen LogP contribution in [-0.4, -0.2) is 54.3 Å². The van der Waals surface area contributed by atoms with Gasteiger partial charge in [0.2, 0.25) is 0 Å². The number of carbonyl (C=O) groups excluding carboxylic acids is 1. The van der Waals surface area contributed by atoms with E-state index in [4.69, 9.17) is 4.74 Å². The average molecular weight is 678 g/mol. The van der Waals surface area contributed by atoms with Gasteiger partial charge >= 0.3 is 5.97 Å². The highest BCUT2D eigenvalue weighted by Gasteiger charge is 2.42. The first kappa shape index (κ1) is 35.2. The van der Waals surface area contributed by atoms with Gasteiger partial charge in [-0.1, -0.05) is 133 Å². The summed E-state index contributed by atoms with van der Waals surface area (Å²) in [7, 11) is -3.44. The van der Waals surface area contributed by atoms with E-state index in [1.165, 1.54) is 25.3 Å². The minimum absolute atomic E-state index is 0.00278. The Kier molecular flexibility index (Phi) is 12.0. The zero-order valence-electron chi connectivity index (χ0n) is 27.2. The number of benzene rings is 5. The third-order valence-corrected chi connectivity index (χ3v) is 10.3. The molecule has 49 heavy (non-hydrogen) atoms. The Morgan fingerprint density at radius 1 is 0.673 bits per heavy atom. The van der Waals surface area contributed by atoms with E-state index in [-0.39, 0.29) is 13.0 Å². The first-order valence-electron chi connectivity index (χ1n) is 16.0. The number of methoxy groups -OCH3 is 1. The van der Waals surface area contributed by atoms with Crippen LogP contribution in [0.25, 0.3) is 0 Å². The van der Waals surface area contributed by atoms with E-state index in [0.717, 1.165) is 27.1 Å². The molecule has 5 aromatic rings. The van der Waals surface area contributed by atoms with Gasteiger partial charge in [-0.15, -0.1) is 0 Å². The summed E-state index contributed by atoms with van der Waals surface area (Å²) in [6.07, 6.45) is 0.436. The van der Waals surface area contributed by atoms with Gasteiger partial charge in [0.05, 0.1) is 12.0 Å². The Morgan fingerprint density at radius 2 is 1.10 bits per heavy atom. The largest absolute Gasteiger partial charge is 0.468 e. The third-order valence-electron chi connectivity index (χ3n) is 8.42. The van der Waals surface area contributed by atoms with Crippen LogP contribution in [0.1, 0.15) is 22.3 Å². The van der Waals surface area contributed by atoms with E-state index < -0.39 is 43.6 Å². The summed E-state index contributed by atoms with van der Waals surface area (Å²) in [5, 5.41) is 12.1. The highest BCUT2D eigenvalue weighted by Crippen LogP contribution is 2.30. The number of nitro groups is 1. The average Bonchev–Trinajstić information content (AvgIpc) is 3.13. The van der Waals surface area contributed by atoms with Crippen LogP contribution >= 0.6 is 0 Å². The Morgan fingerprint density at radius 3 is 1.57 bits per heavy atom. The summed E-state index contributed by atoms with van der Waals surface area (Å²) in [6.45, 7) is 0.803. The van der Waals surface area contributed by atoms with E-state index in [1.807, 2.05) is 121 Å². The van der Waals surface area contributed by atoms with E-state index in [9.17, 15) is 23.3 Å². The van der Waals surface area contributed by atoms with Crippen LogP contribution in [0, 0.1) is 10.1 Å². The fraction of sp³-hybridized carbons (Fsp3) is 0.205. The molecule has 0 bridgehead atoms. The maximum atomic E-state index is 14.8. The molecule has 0 aliphatic rings. The lowest BCUT2D eigenvalue weighted by Crippen LogP contribution is -2.53. The molecule has 0 spiro atoms. The van der Waals surface area contributed by atoms with Crippen molar-refractivity contribution in [2.75, 3.05) is 13.7 Å². The summed E-state index contributed by atoms with van der Waals surface area (Å²) < 4.78 is 36.0. The molecular weight excluding hydrogens is 639 g/mol. The highest BCUT2D eigenvalue weighted by molar-refractivity contribution is 7.89. The van der Waals surface area contributed by atoms with Gasteiger partial charge in [-0.2, -0.15) is 4.31 Å². The zero-order valence-corrected chi connectivity index (χ0v) is 28.1. The zero-order chi connectivity index (χ0) is 34.6. The molecule has 9 nitrogen and oxygen atoms in total. The van der Waals surface area contributed by atoms with Gasteiger partial charge in [0.1, 0.15) is 6.04 Å². The molecular formula is C39H39N3O6S. The fourth-order valence-electron chi connectivity index (χ4n) is 5.97. The standard InChI is InChI=1S/C39H39N3O6S/c1-48-39(43)37(27-32-18-8-3-9-19-32)41(49(46,47)38-25-15-14-24-36(38)42(44)45)30-35(26-31-16-6-2-7-17-31)40(28-33-20-10-4-11-21-33)29-34-22-12-5-13-23-34/h2-25,35,37H,26-30H2,1H3/t35-,37?/m0/s1. The Labute approximate surface area is 287 Å². The second kappa shape index (κ2) is 16.8. The molecule has 0 aliphatic carbocycles. The second-order valence-corrected chi connectivity index (χ2v) is 13.6. The first-order valence-corrected chi connectivity index (χ1v) is 17.4. The number of hydrogen-bond acceptors (Lipinski definition) is 7. The lowest BCUT2D eigenvalue weighted by atomic mass is 10.0. The summed E-state index contributed by atoms with van der Waals surface area (Å²) in [4.78, 5) is 26.8. The van der Waals surface area contributed by atoms with Crippen molar-refractivity contribution in [3.05, 3.63) is 178 Å². The van der Waals surface area contributed by atoms with Crippen molar-refractivity contribution in [3.8, 4) is 0 Å². The Hall–Kier alpha value is -5.16. The molecule has 0 fully saturated rings. The number of para-hydroxylation sites is 1. The van der Waals surface area contributed by atoms with E-state index in [2.05, 4.69) is 4.90 Å². The highest BCUT2D eigenvalue weighted by atomic mass is 32.2. The molecule has 252 valence electrons. The number of nitrogens with zero attached hydrogens (tertiary/aromatic N) is 3. The van der Waals surface area contributed by atoms with Crippen LogP contribution in [0.3, 0.4) is 0 Å². The number of sulfonamides is 1. The van der Waals surface area contributed by atoms with Crippen molar-refractivity contribution in [1.29, 1.82) is 0 Å².